The number of nitrogens with one attached hydrogen (secondary N) is 1. The Balaban J connectivity index is 3.04. The third kappa shape index (κ3) is 4.50. The molecular formula is C12H12ClNO4S. The lowest BCUT2D eigenvalue weighted by molar-refractivity contribution is -0.138. The summed E-state index contributed by atoms with van der Waals surface area (Å²) < 4.78 is 9.02. The van der Waals surface area contributed by atoms with Gasteiger partial charge >= 0.3 is 11.9 Å². The highest BCUT2D eigenvalue weighted by Crippen LogP contribution is 2.25. The smallest absolute Gasteiger partial charge is 0.354 e. The summed E-state index contributed by atoms with van der Waals surface area (Å²) in [6.07, 6.45) is 0.994. The Kier molecular flexibility index (Phi) is 5.72. The number of thiol groups is 1. The molecule has 0 heterocycles. The van der Waals surface area contributed by atoms with E-state index in [0.29, 0.717) is 15.6 Å². The van der Waals surface area contributed by atoms with E-state index < -0.39 is 11.9 Å². The lowest BCUT2D eigenvalue weighted by atomic mass is 10.3. The first-order valence-electron chi connectivity index (χ1n) is 5.11. The van der Waals surface area contributed by atoms with E-state index in [2.05, 4.69) is 27.4 Å². The molecule has 102 valence electrons. The van der Waals surface area contributed by atoms with Gasteiger partial charge in [0.15, 0.2) is 0 Å². The van der Waals surface area contributed by atoms with Crippen LogP contribution in [0.15, 0.2) is 34.9 Å². The zero-order valence-electron chi connectivity index (χ0n) is 10.3. The second-order valence-electron chi connectivity index (χ2n) is 3.36. The van der Waals surface area contributed by atoms with E-state index in [1.54, 1.807) is 18.2 Å². The second kappa shape index (κ2) is 7.06. The molecule has 1 N–H and O–H groups in total. The monoisotopic (exact) mass is 301 g/mol. The third-order valence-electron chi connectivity index (χ3n) is 2.10. The molecule has 1 aromatic carbocycles. The Bertz CT molecular complexity index is 530. The highest BCUT2D eigenvalue weighted by Gasteiger charge is 2.13. The molecule has 0 saturated heterocycles. The van der Waals surface area contributed by atoms with Crippen LogP contribution in [0.2, 0.25) is 5.02 Å². The zero-order chi connectivity index (χ0) is 14.4. The van der Waals surface area contributed by atoms with Crippen molar-refractivity contribution in [3.05, 3.63) is 35.0 Å². The maximum atomic E-state index is 11.5. The summed E-state index contributed by atoms with van der Waals surface area (Å²) in [5.74, 6) is -1.38. The van der Waals surface area contributed by atoms with Crippen molar-refractivity contribution in [3.8, 4) is 0 Å². The number of halogens is 1. The fourth-order valence-electron chi connectivity index (χ4n) is 1.19. The van der Waals surface area contributed by atoms with E-state index in [4.69, 9.17) is 11.6 Å². The molecule has 0 aliphatic rings. The summed E-state index contributed by atoms with van der Waals surface area (Å²) in [5.41, 5.74) is 0.445. The van der Waals surface area contributed by atoms with Crippen LogP contribution in [0.4, 0.5) is 5.69 Å². The minimum absolute atomic E-state index is 0.0630. The van der Waals surface area contributed by atoms with Gasteiger partial charge in [0.1, 0.15) is 5.70 Å². The van der Waals surface area contributed by atoms with Crippen LogP contribution in [-0.2, 0) is 19.1 Å². The van der Waals surface area contributed by atoms with Crippen molar-refractivity contribution in [1.29, 1.82) is 0 Å². The molecule has 0 saturated carbocycles. The molecule has 0 fully saturated rings. The number of methoxy groups -OCH3 is 2. The number of carbonyl (C=O) groups excluding carboxylic acids is 2. The first-order chi connectivity index (χ1) is 8.97. The van der Waals surface area contributed by atoms with Crippen LogP contribution in [0, 0.1) is 0 Å². The number of rotatable bonds is 4. The third-order valence-corrected chi connectivity index (χ3v) is 2.70. The minimum Gasteiger partial charge on any atom is -0.466 e. The molecule has 0 bridgehead atoms. The number of hydrogen-bond donors (Lipinski definition) is 2. The highest BCUT2D eigenvalue weighted by molar-refractivity contribution is 7.80. The topological polar surface area (TPSA) is 64.6 Å². The lowest BCUT2D eigenvalue weighted by Crippen LogP contribution is -2.15. The van der Waals surface area contributed by atoms with E-state index in [0.717, 1.165) is 6.08 Å². The summed E-state index contributed by atoms with van der Waals surface area (Å²) in [4.78, 5) is 23.2. The number of carbonyl (C=O) groups is 2. The van der Waals surface area contributed by atoms with E-state index in [-0.39, 0.29) is 5.70 Å². The molecular weight excluding hydrogens is 290 g/mol. The van der Waals surface area contributed by atoms with Gasteiger partial charge in [0.2, 0.25) is 0 Å². The maximum absolute atomic E-state index is 11.5. The van der Waals surface area contributed by atoms with Crippen molar-refractivity contribution in [1.82, 2.24) is 0 Å². The molecule has 0 atom stereocenters. The van der Waals surface area contributed by atoms with Gasteiger partial charge < -0.3 is 14.8 Å². The summed E-state index contributed by atoms with van der Waals surface area (Å²) in [5, 5.41) is 3.25. The minimum atomic E-state index is -0.701. The van der Waals surface area contributed by atoms with Crippen LogP contribution in [0.1, 0.15) is 0 Å². The molecule has 0 radical (unpaired) electrons. The van der Waals surface area contributed by atoms with E-state index >= 15 is 0 Å². The predicted molar refractivity (Wildman–Crippen MR) is 74.4 cm³/mol. The Labute approximate surface area is 120 Å². The van der Waals surface area contributed by atoms with E-state index in [1.165, 1.54) is 14.2 Å². The predicted octanol–water partition coefficient (Wildman–Crippen LogP) is 2.27. The first kappa shape index (κ1) is 15.4. The van der Waals surface area contributed by atoms with Crippen molar-refractivity contribution >= 4 is 41.9 Å². The standard InChI is InChI=1S/C12H12ClNO4S/c1-17-11(15)6-9(12(16)18-2)14-8-4-3-7(13)5-10(8)19/h3-6,14,19H,1-2H3/b9-6+. The normalized spacial score (nSPS) is 10.8. The van der Waals surface area contributed by atoms with Crippen LogP contribution in [0.5, 0.6) is 0 Å². The van der Waals surface area contributed by atoms with Crippen LogP contribution in [0.25, 0.3) is 0 Å². The molecule has 1 rings (SSSR count). The van der Waals surface area contributed by atoms with Crippen molar-refractivity contribution in [2.75, 3.05) is 19.5 Å². The van der Waals surface area contributed by atoms with Crippen molar-refractivity contribution in [2.24, 2.45) is 0 Å². The van der Waals surface area contributed by atoms with Crippen LogP contribution < -0.4 is 5.32 Å². The van der Waals surface area contributed by atoms with Gasteiger partial charge in [-0.25, -0.2) is 9.59 Å². The zero-order valence-corrected chi connectivity index (χ0v) is 11.9. The summed E-state index contributed by atoms with van der Waals surface area (Å²) in [6.45, 7) is 0. The fraction of sp³-hybridized carbons (Fsp3) is 0.167. The van der Waals surface area contributed by atoms with E-state index in [1.807, 2.05) is 0 Å². The largest absolute Gasteiger partial charge is 0.466 e. The summed E-state index contributed by atoms with van der Waals surface area (Å²) >= 11 is 10.0. The maximum Gasteiger partial charge on any atom is 0.354 e. The van der Waals surface area contributed by atoms with Crippen LogP contribution in [-0.4, -0.2) is 26.2 Å². The Morgan fingerprint density at radius 1 is 1.32 bits per heavy atom. The SMILES string of the molecule is COC(=O)/C=C(/Nc1ccc(Cl)cc1S)C(=O)OC. The van der Waals surface area contributed by atoms with Gasteiger partial charge in [-0.15, -0.1) is 12.6 Å². The molecule has 0 aliphatic carbocycles. The first-order valence-corrected chi connectivity index (χ1v) is 5.94. The summed E-state index contributed by atoms with van der Waals surface area (Å²) in [6, 6.07) is 4.84. The van der Waals surface area contributed by atoms with Gasteiger partial charge in [0.25, 0.3) is 0 Å². The molecule has 1 aromatic rings. The molecule has 0 unspecified atom stereocenters. The van der Waals surface area contributed by atoms with Crippen molar-refractivity contribution in [2.45, 2.75) is 4.90 Å². The Hall–Kier alpha value is -1.66. The van der Waals surface area contributed by atoms with Crippen LogP contribution in [0.3, 0.4) is 0 Å². The van der Waals surface area contributed by atoms with Crippen molar-refractivity contribution in [3.63, 3.8) is 0 Å². The molecule has 0 aliphatic heterocycles. The van der Waals surface area contributed by atoms with Gasteiger partial charge in [0.05, 0.1) is 26.0 Å². The molecule has 0 aromatic heterocycles. The van der Waals surface area contributed by atoms with Gasteiger partial charge in [-0.2, -0.15) is 0 Å². The van der Waals surface area contributed by atoms with Gasteiger partial charge in [-0.3, -0.25) is 0 Å². The van der Waals surface area contributed by atoms with Crippen molar-refractivity contribution < 1.29 is 19.1 Å². The quantitative estimate of drug-likeness (QED) is 0.507. The number of esters is 2. The lowest BCUT2D eigenvalue weighted by Gasteiger charge is -2.11. The molecule has 0 spiro atoms. The number of ether oxygens (including phenoxy) is 2. The molecule has 19 heavy (non-hydrogen) atoms. The molecule has 0 amide bonds. The van der Waals surface area contributed by atoms with E-state index in [9.17, 15) is 9.59 Å². The number of anilines is 1. The average Bonchev–Trinajstić information content (AvgIpc) is 2.39. The fourth-order valence-corrected chi connectivity index (χ4v) is 1.71. The second-order valence-corrected chi connectivity index (χ2v) is 4.28. The Morgan fingerprint density at radius 3 is 2.53 bits per heavy atom. The average molecular weight is 302 g/mol. The Morgan fingerprint density at radius 2 is 2.00 bits per heavy atom. The molecule has 7 heteroatoms. The van der Waals surface area contributed by atoms with Gasteiger partial charge in [-0.1, -0.05) is 11.6 Å². The number of hydrogen-bond acceptors (Lipinski definition) is 6. The molecule has 5 nitrogen and oxygen atoms in total. The summed E-state index contributed by atoms with van der Waals surface area (Å²) in [7, 11) is 2.42. The number of benzene rings is 1. The van der Waals surface area contributed by atoms with Gasteiger partial charge in [0, 0.05) is 9.92 Å². The van der Waals surface area contributed by atoms with Gasteiger partial charge in [-0.05, 0) is 18.2 Å². The highest BCUT2D eigenvalue weighted by atomic mass is 35.5. The van der Waals surface area contributed by atoms with Crippen LogP contribution >= 0.6 is 24.2 Å².